The molecule has 1 atom stereocenters. The SMILES string of the molecule is CCCN(CC1CCCCN1)c1nc[nH]c(=O)c1I. The molecule has 0 spiro atoms. The molecular weight excluding hydrogens is 355 g/mol. The molecule has 2 N–H and O–H groups in total. The van der Waals surface area contributed by atoms with Gasteiger partial charge in [0.15, 0.2) is 0 Å². The Bertz CT molecular complexity index is 456. The predicted octanol–water partition coefficient (Wildman–Crippen LogP) is 1.73. The van der Waals surface area contributed by atoms with Crippen LogP contribution in [0.15, 0.2) is 11.1 Å². The number of H-pyrrole nitrogens is 1. The van der Waals surface area contributed by atoms with Gasteiger partial charge in [0.05, 0.1) is 6.33 Å². The molecule has 0 aliphatic carbocycles. The summed E-state index contributed by atoms with van der Waals surface area (Å²) in [7, 11) is 0. The Morgan fingerprint density at radius 1 is 1.53 bits per heavy atom. The molecule has 106 valence electrons. The van der Waals surface area contributed by atoms with Gasteiger partial charge in [0.25, 0.3) is 5.56 Å². The maximum absolute atomic E-state index is 11.7. The second kappa shape index (κ2) is 7.23. The van der Waals surface area contributed by atoms with Crippen LogP contribution < -0.4 is 15.8 Å². The van der Waals surface area contributed by atoms with E-state index < -0.39 is 0 Å². The third-order valence-corrected chi connectivity index (χ3v) is 4.40. The summed E-state index contributed by atoms with van der Waals surface area (Å²) >= 11 is 2.09. The van der Waals surface area contributed by atoms with Crippen LogP contribution in [0.4, 0.5) is 5.82 Å². The molecule has 1 aromatic heterocycles. The Labute approximate surface area is 127 Å². The van der Waals surface area contributed by atoms with Gasteiger partial charge in [-0.2, -0.15) is 0 Å². The molecule has 0 amide bonds. The standard InChI is InChI=1S/C13H21IN4O/c1-2-7-18(8-10-5-3-4-6-15-10)12-11(14)13(19)17-9-16-12/h9-10,15H,2-8H2,1H3,(H,16,17,19). The number of aromatic nitrogens is 2. The molecule has 2 rings (SSSR count). The first-order chi connectivity index (χ1) is 9.22. The molecule has 5 nitrogen and oxygen atoms in total. The molecule has 0 aromatic carbocycles. The average Bonchev–Trinajstić information content (AvgIpc) is 2.43. The second-order valence-corrected chi connectivity index (χ2v) is 6.04. The van der Waals surface area contributed by atoms with Crippen LogP contribution in [-0.4, -0.2) is 35.6 Å². The van der Waals surface area contributed by atoms with E-state index in [2.05, 4.69) is 49.7 Å². The lowest BCUT2D eigenvalue weighted by Gasteiger charge is -2.31. The van der Waals surface area contributed by atoms with Crippen molar-refractivity contribution >= 4 is 28.4 Å². The van der Waals surface area contributed by atoms with Crippen molar-refractivity contribution in [2.24, 2.45) is 0 Å². The van der Waals surface area contributed by atoms with Crippen LogP contribution in [-0.2, 0) is 0 Å². The minimum absolute atomic E-state index is 0.0525. The number of nitrogens with zero attached hydrogens (tertiary/aromatic N) is 2. The van der Waals surface area contributed by atoms with Gasteiger partial charge in [-0.15, -0.1) is 0 Å². The van der Waals surface area contributed by atoms with E-state index in [-0.39, 0.29) is 5.56 Å². The van der Waals surface area contributed by atoms with Gasteiger partial charge in [0, 0.05) is 19.1 Å². The number of hydrogen-bond acceptors (Lipinski definition) is 4. The van der Waals surface area contributed by atoms with Crippen LogP contribution in [0, 0.1) is 3.57 Å². The van der Waals surface area contributed by atoms with Gasteiger partial charge in [0.1, 0.15) is 9.39 Å². The van der Waals surface area contributed by atoms with E-state index >= 15 is 0 Å². The van der Waals surface area contributed by atoms with E-state index in [1.165, 1.54) is 25.6 Å². The molecule has 0 saturated carbocycles. The number of piperidine rings is 1. The Hall–Kier alpha value is -0.630. The van der Waals surface area contributed by atoms with Gasteiger partial charge in [0.2, 0.25) is 0 Å². The van der Waals surface area contributed by atoms with Crippen molar-refractivity contribution in [3.05, 3.63) is 20.3 Å². The summed E-state index contributed by atoms with van der Waals surface area (Å²) in [6.45, 7) is 5.12. The smallest absolute Gasteiger partial charge is 0.266 e. The number of anilines is 1. The minimum atomic E-state index is -0.0525. The van der Waals surface area contributed by atoms with Gasteiger partial charge >= 0.3 is 0 Å². The molecule has 0 bridgehead atoms. The lowest BCUT2D eigenvalue weighted by molar-refractivity contribution is 0.398. The van der Waals surface area contributed by atoms with Crippen LogP contribution >= 0.6 is 22.6 Å². The number of nitrogens with one attached hydrogen (secondary N) is 2. The van der Waals surface area contributed by atoms with Gasteiger partial charge in [-0.25, -0.2) is 4.98 Å². The molecule has 1 aromatic rings. The Morgan fingerprint density at radius 2 is 2.37 bits per heavy atom. The van der Waals surface area contributed by atoms with E-state index in [9.17, 15) is 4.79 Å². The topological polar surface area (TPSA) is 61.0 Å². The molecule has 2 heterocycles. The van der Waals surface area contributed by atoms with Crippen LogP contribution in [0.1, 0.15) is 32.6 Å². The van der Waals surface area contributed by atoms with E-state index in [0.717, 1.165) is 31.9 Å². The molecule has 1 fully saturated rings. The lowest BCUT2D eigenvalue weighted by atomic mass is 10.0. The minimum Gasteiger partial charge on any atom is -0.354 e. The fourth-order valence-electron chi connectivity index (χ4n) is 2.49. The second-order valence-electron chi connectivity index (χ2n) is 4.96. The van der Waals surface area contributed by atoms with Crippen molar-refractivity contribution in [3.8, 4) is 0 Å². The van der Waals surface area contributed by atoms with Gasteiger partial charge in [-0.05, 0) is 48.4 Å². The molecule has 1 unspecified atom stereocenters. The lowest BCUT2D eigenvalue weighted by Crippen LogP contribution is -2.44. The van der Waals surface area contributed by atoms with Gasteiger partial charge in [-0.1, -0.05) is 13.3 Å². The van der Waals surface area contributed by atoms with Crippen molar-refractivity contribution < 1.29 is 0 Å². The number of halogens is 1. The Morgan fingerprint density at radius 3 is 3.05 bits per heavy atom. The summed E-state index contributed by atoms with van der Waals surface area (Å²) in [5.74, 6) is 0.818. The highest BCUT2D eigenvalue weighted by atomic mass is 127. The van der Waals surface area contributed by atoms with E-state index in [0.29, 0.717) is 9.61 Å². The first-order valence-corrected chi connectivity index (χ1v) is 8.01. The summed E-state index contributed by atoms with van der Waals surface area (Å²) in [5.41, 5.74) is -0.0525. The molecule has 19 heavy (non-hydrogen) atoms. The number of hydrogen-bond donors (Lipinski definition) is 2. The van der Waals surface area contributed by atoms with Crippen molar-refractivity contribution in [1.29, 1.82) is 0 Å². The Balaban J connectivity index is 2.14. The monoisotopic (exact) mass is 376 g/mol. The quantitative estimate of drug-likeness (QED) is 0.769. The maximum atomic E-state index is 11.7. The highest BCUT2D eigenvalue weighted by molar-refractivity contribution is 14.1. The van der Waals surface area contributed by atoms with Crippen molar-refractivity contribution in [2.45, 2.75) is 38.6 Å². The van der Waals surface area contributed by atoms with E-state index in [4.69, 9.17) is 0 Å². The van der Waals surface area contributed by atoms with Crippen LogP contribution in [0.5, 0.6) is 0 Å². The summed E-state index contributed by atoms with van der Waals surface area (Å²) in [6.07, 6.45) is 6.32. The summed E-state index contributed by atoms with van der Waals surface area (Å²) in [4.78, 5) is 20.9. The number of aromatic amines is 1. The van der Waals surface area contributed by atoms with Gasteiger partial charge < -0.3 is 15.2 Å². The Kier molecular flexibility index (Phi) is 5.62. The molecule has 0 radical (unpaired) electrons. The summed E-state index contributed by atoms with van der Waals surface area (Å²) in [6, 6.07) is 0.511. The van der Waals surface area contributed by atoms with Crippen molar-refractivity contribution in [2.75, 3.05) is 24.5 Å². The normalized spacial score (nSPS) is 19.4. The highest BCUT2D eigenvalue weighted by Gasteiger charge is 2.19. The zero-order valence-electron chi connectivity index (χ0n) is 11.3. The first kappa shape index (κ1) is 14.8. The molecule has 1 saturated heterocycles. The highest BCUT2D eigenvalue weighted by Crippen LogP contribution is 2.18. The fourth-order valence-corrected chi connectivity index (χ4v) is 3.13. The summed E-state index contributed by atoms with van der Waals surface area (Å²) in [5, 5.41) is 3.55. The van der Waals surface area contributed by atoms with E-state index in [1.807, 2.05) is 0 Å². The zero-order chi connectivity index (χ0) is 13.7. The van der Waals surface area contributed by atoms with Crippen molar-refractivity contribution in [1.82, 2.24) is 15.3 Å². The van der Waals surface area contributed by atoms with Crippen LogP contribution in [0.3, 0.4) is 0 Å². The predicted molar refractivity (Wildman–Crippen MR) is 85.7 cm³/mol. The maximum Gasteiger partial charge on any atom is 0.266 e. The third-order valence-electron chi connectivity index (χ3n) is 3.42. The summed E-state index contributed by atoms with van der Waals surface area (Å²) < 4.78 is 0.685. The van der Waals surface area contributed by atoms with Crippen LogP contribution in [0.25, 0.3) is 0 Å². The molecular formula is C13H21IN4O. The molecule has 1 aliphatic rings. The van der Waals surface area contributed by atoms with E-state index in [1.54, 1.807) is 0 Å². The first-order valence-electron chi connectivity index (χ1n) is 6.94. The average molecular weight is 376 g/mol. The zero-order valence-corrected chi connectivity index (χ0v) is 13.4. The van der Waals surface area contributed by atoms with Gasteiger partial charge in [-0.3, -0.25) is 4.79 Å². The fraction of sp³-hybridized carbons (Fsp3) is 0.692. The third kappa shape index (κ3) is 3.92. The largest absolute Gasteiger partial charge is 0.354 e. The molecule has 6 heteroatoms. The molecule has 1 aliphatic heterocycles. The number of rotatable bonds is 5. The van der Waals surface area contributed by atoms with Crippen molar-refractivity contribution in [3.63, 3.8) is 0 Å². The van der Waals surface area contributed by atoms with Crippen LogP contribution in [0.2, 0.25) is 0 Å².